The van der Waals surface area contributed by atoms with Crippen LogP contribution in [0.5, 0.6) is 5.75 Å². The number of benzene rings is 1. The van der Waals surface area contributed by atoms with Crippen LogP contribution >= 0.6 is 0 Å². The van der Waals surface area contributed by atoms with Gasteiger partial charge in [0.15, 0.2) is 0 Å². The third kappa shape index (κ3) is 3.62. The number of likely N-dealkylation sites (tertiary alicyclic amines) is 1. The minimum Gasteiger partial charge on any atom is -0.490 e. The van der Waals surface area contributed by atoms with Crippen molar-refractivity contribution in [3.05, 3.63) is 53.3 Å². The van der Waals surface area contributed by atoms with Crippen LogP contribution < -0.4 is 10.1 Å². The van der Waals surface area contributed by atoms with Crippen LogP contribution in [0.3, 0.4) is 0 Å². The summed E-state index contributed by atoms with van der Waals surface area (Å²) in [5.41, 5.74) is 2.68. The van der Waals surface area contributed by atoms with Crippen molar-refractivity contribution in [2.45, 2.75) is 44.8 Å². The van der Waals surface area contributed by atoms with Gasteiger partial charge in [-0.1, -0.05) is 6.07 Å². The zero-order chi connectivity index (χ0) is 19.0. The van der Waals surface area contributed by atoms with Crippen LogP contribution in [0.15, 0.2) is 36.5 Å². The predicted molar refractivity (Wildman–Crippen MR) is 103 cm³/mol. The number of carbonyl (C=O) groups is 1. The number of piperidine rings is 1. The van der Waals surface area contributed by atoms with E-state index >= 15 is 0 Å². The molecule has 1 fully saturated rings. The van der Waals surface area contributed by atoms with E-state index in [0.29, 0.717) is 31.6 Å². The fourth-order valence-corrected chi connectivity index (χ4v) is 3.78. The van der Waals surface area contributed by atoms with Crippen molar-refractivity contribution in [2.24, 2.45) is 0 Å². The van der Waals surface area contributed by atoms with Gasteiger partial charge in [-0.15, -0.1) is 0 Å². The van der Waals surface area contributed by atoms with Gasteiger partial charge < -0.3 is 20.1 Å². The predicted octanol–water partition coefficient (Wildman–Crippen LogP) is 3.23. The van der Waals surface area contributed by atoms with Gasteiger partial charge in [0.05, 0.1) is 5.69 Å². The van der Waals surface area contributed by atoms with Gasteiger partial charge in [-0.25, -0.2) is 4.79 Å². The maximum atomic E-state index is 12.6. The topological polar surface area (TPSA) is 74.7 Å². The first kappa shape index (κ1) is 17.8. The molecule has 27 heavy (non-hydrogen) atoms. The van der Waals surface area contributed by atoms with E-state index in [1.807, 2.05) is 44.2 Å². The Morgan fingerprint density at radius 3 is 2.78 bits per heavy atom. The smallest absolute Gasteiger partial charge is 0.321 e. The Morgan fingerprint density at radius 2 is 2.07 bits per heavy atom. The van der Waals surface area contributed by atoms with E-state index in [4.69, 9.17) is 4.74 Å². The lowest BCUT2D eigenvalue weighted by molar-refractivity contribution is -0.0193. The number of amides is 2. The lowest BCUT2D eigenvalue weighted by atomic mass is 9.87. The summed E-state index contributed by atoms with van der Waals surface area (Å²) in [6.45, 7) is 4.99. The Hall–Kier alpha value is -2.60. The number of aromatic nitrogens is 1. The molecule has 2 aliphatic heterocycles. The molecule has 0 spiro atoms. The molecule has 2 amide bonds. The summed E-state index contributed by atoms with van der Waals surface area (Å²) in [6.07, 6.45) is 3.77. The summed E-state index contributed by atoms with van der Waals surface area (Å²) < 4.78 is 5.70. The molecule has 4 rings (SSSR count). The van der Waals surface area contributed by atoms with Gasteiger partial charge in [-0.3, -0.25) is 4.98 Å². The summed E-state index contributed by atoms with van der Waals surface area (Å²) in [6, 6.07) is 9.45. The Labute approximate surface area is 159 Å². The van der Waals surface area contributed by atoms with Crippen LogP contribution in [-0.2, 0) is 12.0 Å². The van der Waals surface area contributed by atoms with E-state index in [-0.39, 0.29) is 12.1 Å². The second-order valence-electron chi connectivity index (χ2n) is 7.62. The number of fused-ring (bicyclic) bond motifs is 1. The highest BCUT2D eigenvalue weighted by molar-refractivity contribution is 5.89. The van der Waals surface area contributed by atoms with Crippen LogP contribution in [0.1, 0.15) is 36.6 Å². The molecule has 0 radical (unpaired) electrons. The Bertz CT molecular complexity index is 842. The number of pyridine rings is 1. The molecule has 1 atom stereocenters. The minimum atomic E-state index is -0.967. The van der Waals surface area contributed by atoms with Gasteiger partial charge in [-0.2, -0.15) is 0 Å². The van der Waals surface area contributed by atoms with Crippen molar-refractivity contribution in [1.82, 2.24) is 9.88 Å². The van der Waals surface area contributed by atoms with E-state index in [9.17, 15) is 9.90 Å². The van der Waals surface area contributed by atoms with Crippen LogP contribution in [0.25, 0.3) is 0 Å². The van der Waals surface area contributed by atoms with Crippen molar-refractivity contribution < 1.29 is 14.6 Å². The number of nitrogens with zero attached hydrogens (tertiary/aromatic N) is 2. The highest BCUT2D eigenvalue weighted by atomic mass is 16.5. The molecular weight excluding hydrogens is 342 g/mol. The number of hydrogen-bond donors (Lipinski definition) is 2. The Morgan fingerprint density at radius 1 is 1.30 bits per heavy atom. The minimum absolute atomic E-state index is 0.138. The van der Waals surface area contributed by atoms with Crippen molar-refractivity contribution in [3.63, 3.8) is 0 Å². The molecule has 0 aliphatic carbocycles. The number of urea groups is 1. The standard InChI is InChI=1S/C21H25N3O3/c1-14-3-6-19(22-13-14)21(26)7-9-24(10-8-21)20(25)23-17-4-5-18-16(12-17)11-15(2)27-18/h3-6,12-13,15,26H,7-11H2,1-2H3,(H,23,25). The van der Waals surface area contributed by atoms with E-state index in [1.54, 1.807) is 11.1 Å². The Kier molecular flexibility index (Phi) is 4.52. The third-order valence-corrected chi connectivity index (χ3v) is 5.41. The number of ether oxygens (including phenoxy) is 1. The van der Waals surface area contributed by atoms with Gasteiger partial charge in [-0.05, 0) is 62.1 Å². The number of hydrogen-bond acceptors (Lipinski definition) is 4. The van der Waals surface area contributed by atoms with Crippen LogP contribution in [-0.4, -0.2) is 40.2 Å². The maximum Gasteiger partial charge on any atom is 0.321 e. The molecule has 6 heteroatoms. The van der Waals surface area contributed by atoms with Gasteiger partial charge >= 0.3 is 6.03 Å². The number of carbonyl (C=O) groups excluding carboxylic acids is 1. The lowest BCUT2D eigenvalue weighted by Crippen LogP contribution is -2.47. The van der Waals surface area contributed by atoms with Crippen LogP contribution in [0.4, 0.5) is 10.5 Å². The van der Waals surface area contributed by atoms with Crippen molar-refractivity contribution in [1.29, 1.82) is 0 Å². The molecule has 142 valence electrons. The summed E-state index contributed by atoms with van der Waals surface area (Å²) in [5, 5.41) is 13.9. The molecule has 3 heterocycles. The van der Waals surface area contributed by atoms with E-state index in [1.165, 1.54) is 0 Å². The SMILES string of the molecule is Cc1ccc(C2(O)CCN(C(=O)Nc3ccc4c(c3)CC(C)O4)CC2)nc1. The number of rotatable bonds is 2. The first-order valence-corrected chi connectivity index (χ1v) is 9.44. The van der Waals surface area contributed by atoms with Crippen molar-refractivity contribution in [2.75, 3.05) is 18.4 Å². The first-order valence-electron chi connectivity index (χ1n) is 9.44. The van der Waals surface area contributed by atoms with E-state index in [0.717, 1.165) is 29.0 Å². The molecule has 1 saturated heterocycles. The molecule has 6 nitrogen and oxygen atoms in total. The zero-order valence-electron chi connectivity index (χ0n) is 15.7. The van der Waals surface area contributed by atoms with Crippen LogP contribution in [0, 0.1) is 6.92 Å². The van der Waals surface area contributed by atoms with Crippen molar-refractivity contribution >= 4 is 11.7 Å². The maximum absolute atomic E-state index is 12.6. The highest BCUT2D eigenvalue weighted by Gasteiger charge is 2.36. The van der Waals surface area contributed by atoms with Gasteiger partial charge in [0.2, 0.25) is 0 Å². The molecule has 2 aliphatic rings. The molecule has 0 saturated carbocycles. The molecule has 0 bridgehead atoms. The third-order valence-electron chi connectivity index (χ3n) is 5.41. The summed E-state index contributed by atoms with van der Waals surface area (Å²) in [4.78, 5) is 18.7. The second kappa shape index (κ2) is 6.85. The molecule has 1 unspecified atom stereocenters. The van der Waals surface area contributed by atoms with E-state index < -0.39 is 5.60 Å². The van der Waals surface area contributed by atoms with Gasteiger partial charge in [0.25, 0.3) is 0 Å². The van der Waals surface area contributed by atoms with Gasteiger partial charge in [0.1, 0.15) is 17.5 Å². The molecular formula is C21H25N3O3. The monoisotopic (exact) mass is 367 g/mol. The molecule has 1 aromatic heterocycles. The summed E-state index contributed by atoms with van der Waals surface area (Å²) in [7, 11) is 0. The summed E-state index contributed by atoms with van der Waals surface area (Å²) in [5.74, 6) is 0.897. The second-order valence-corrected chi connectivity index (χ2v) is 7.62. The quantitative estimate of drug-likeness (QED) is 0.855. The number of nitrogens with one attached hydrogen (secondary N) is 1. The molecule has 2 aromatic rings. The lowest BCUT2D eigenvalue weighted by Gasteiger charge is -2.37. The first-order chi connectivity index (χ1) is 12.9. The number of aryl methyl sites for hydroxylation is 1. The molecule has 1 aromatic carbocycles. The average molecular weight is 367 g/mol. The van der Waals surface area contributed by atoms with Crippen LogP contribution in [0.2, 0.25) is 0 Å². The largest absolute Gasteiger partial charge is 0.490 e. The number of anilines is 1. The summed E-state index contributed by atoms with van der Waals surface area (Å²) >= 11 is 0. The van der Waals surface area contributed by atoms with Gasteiger partial charge in [0, 0.05) is 31.4 Å². The normalized spacial score (nSPS) is 20.7. The van der Waals surface area contributed by atoms with Crippen molar-refractivity contribution in [3.8, 4) is 5.75 Å². The zero-order valence-corrected chi connectivity index (χ0v) is 15.7. The van der Waals surface area contributed by atoms with E-state index in [2.05, 4.69) is 10.3 Å². The molecule has 2 N–H and O–H groups in total. The average Bonchev–Trinajstić information content (AvgIpc) is 3.02. The Balaban J connectivity index is 1.38. The highest BCUT2D eigenvalue weighted by Crippen LogP contribution is 2.33. The number of aliphatic hydroxyl groups is 1. The fraction of sp³-hybridized carbons (Fsp3) is 0.429. The fourth-order valence-electron chi connectivity index (χ4n) is 3.78.